The van der Waals surface area contributed by atoms with Crippen LogP contribution in [0.3, 0.4) is 0 Å². The Hall–Kier alpha value is -2.01. The van der Waals surface area contributed by atoms with E-state index in [1.807, 2.05) is 42.2 Å². The van der Waals surface area contributed by atoms with E-state index in [2.05, 4.69) is 9.97 Å². The van der Waals surface area contributed by atoms with E-state index in [1.165, 1.54) is 0 Å². The van der Waals surface area contributed by atoms with Gasteiger partial charge in [-0.2, -0.15) is 0 Å². The summed E-state index contributed by atoms with van der Waals surface area (Å²) >= 11 is 0. The van der Waals surface area contributed by atoms with E-state index in [-0.39, 0.29) is 6.61 Å². The van der Waals surface area contributed by atoms with Crippen LogP contribution in [0.4, 0.5) is 11.6 Å². The van der Waals surface area contributed by atoms with Gasteiger partial charge in [-0.05, 0) is 12.5 Å². The fourth-order valence-corrected chi connectivity index (χ4v) is 1.92. The molecule has 5 nitrogen and oxygen atoms in total. The molecule has 0 spiro atoms. The summed E-state index contributed by atoms with van der Waals surface area (Å²) in [7, 11) is 0. The Labute approximate surface area is 106 Å². The predicted molar refractivity (Wildman–Crippen MR) is 72.3 cm³/mol. The summed E-state index contributed by atoms with van der Waals surface area (Å²) in [6, 6.07) is 10.0. The highest BCUT2D eigenvalue weighted by molar-refractivity contribution is 5.59. The minimum Gasteiger partial charge on any atom is -0.395 e. The molecule has 0 aliphatic rings. The quantitative estimate of drug-likeness (QED) is 0.743. The lowest BCUT2D eigenvalue weighted by Crippen LogP contribution is -2.27. The van der Waals surface area contributed by atoms with Crippen LogP contribution in [-0.2, 0) is 6.54 Å². The van der Waals surface area contributed by atoms with Gasteiger partial charge in [-0.1, -0.05) is 30.3 Å². The number of nitrogens with one attached hydrogen (secondary N) is 1. The third kappa shape index (κ3) is 2.81. The van der Waals surface area contributed by atoms with Crippen molar-refractivity contribution in [3.05, 3.63) is 41.7 Å². The van der Waals surface area contributed by atoms with Crippen molar-refractivity contribution < 1.29 is 5.11 Å². The Bertz CT molecular complexity index is 495. The first-order valence-electron chi connectivity index (χ1n) is 5.92. The molecule has 0 fully saturated rings. The number of nitrogen functional groups attached to an aromatic ring is 1. The van der Waals surface area contributed by atoms with Crippen molar-refractivity contribution in [1.29, 1.82) is 0 Å². The van der Waals surface area contributed by atoms with Gasteiger partial charge < -0.3 is 20.7 Å². The zero-order chi connectivity index (χ0) is 13.0. The monoisotopic (exact) mass is 246 g/mol. The summed E-state index contributed by atoms with van der Waals surface area (Å²) < 4.78 is 0. The lowest BCUT2D eigenvalue weighted by molar-refractivity contribution is 0.301. The number of H-pyrrole nitrogens is 1. The number of aliphatic hydroxyl groups excluding tert-OH is 1. The van der Waals surface area contributed by atoms with Gasteiger partial charge in [0.15, 0.2) is 5.82 Å². The first-order valence-corrected chi connectivity index (χ1v) is 5.92. The van der Waals surface area contributed by atoms with Crippen molar-refractivity contribution >= 4 is 11.6 Å². The van der Waals surface area contributed by atoms with E-state index < -0.39 is 0 Å². The number of benzene rings is 1. The number of anilines is 2. The summed E-state index contributed by atoms with van der Waals surface area (Å²) in [6.45, 7) is 3.11. The van der Waals surface area contributed by atoms with Crippen LogP contribution in [0.5, 0.6) is 0 Å². The molecule has 0 amide bonds. The Morgan fingerprint density at radius 3 is 2.61 bits per heavy atom. The van der Waals surface area contributed by atoms with E-state index in [4.69, 9.17) is 10.8 Å². The van der Waals surface area contributed by atoms with Crippen LogP contribution in [0.2, 0.25) is 0 Å². The number of nitrogens with two attached hydrogens (primary N) is 1. The van der Waals surface area contributed by atoms with Crippen molar-refractivity contribution in [2.24, 2.45) is 0 Å². The number of hydrogen-bond donors (Lipinski definition) is 3. The molecule has 96 valence electrons. The van der Waals surface area contributed by atoms with E-state index in [0.29, 0.717) is 24.7 Å². The van der Waals surface area contributed by atoms with Crippen molar-refractivity contribution in [1.82, 2.24) is 9.97 Å². The lowest BCUT2D eigenvalue weighted by atomic mass is 10.2. The second-order valence-electron chi connectivity index (χ2n) is 4.19. The summed E-state index contributed by atoms with van der Waals surface area (Å²) in [4.78, 5) is 9.30. The smallest absolute Gasteiger partial charge is 0.171 e. The largest absolute Gasteiger partial charge is 0.395 e. The average molecular weight is 246 g/mol. The normalized spacial score (nSPS) is 10.6. The number of aryl methyl sites for hydroxylation is 1. The number of aromatic amines is 1. The van der Waals surface area contributed by atoms with Crippen LogP contribution in [0.15, 0.2) is 30.3 Å². The van der Waals surface area contributed by atoms with Gasteiger partial charge in [-0.3, -0.25) is 0 Å². The molecular weight excluding hydrogens is 228 g/mol. The second kappa shape index (κ2) is 5.55. The molecule has 0 aliphatic heterocycles. The molecule has 2 rings (SSSR count). The molecular formula is C13H18N4O. The van der Waals surface area contributed by atoms with Gasteiger partial charge in [-0.15, -0.1) is 0 Å². The molecule has 0 aliphatic carbocycles. The minimum absolute atomic E-state index is 0.0676. The molecule has 0 atom stereocenters. The topological polar surface area (TPSA) is 78.2 Å². The highest BCUT2D eigenvalue weighted by Gasteiger charge is 2.13. The number of rotatable bonds is 5. The first kappa shape index (κ1) is 12.4. The number of aromatic nitrogens is 2. The number of nitrogens with zero attached hydrogens (tertiary/aromatic N) is 2. The first-order chi connectivity index (χ1) is 8.70. The average Bonchev–Trinajstić information content (AvgIpc) is 2.69. The molecule has 1 heterocycles. The van der Waals surface area contributed by atoms with E-state index in [1.54, 1.807) is 0 Å². The molecule has 1 aromatic carbocycles. The van der Waals surface area contributed by atoms with E-state index in [9.17, 15) is 0 Å². The van der Waals surface area contributed by atoms with Gasteiger partial charge in [0, 0.05) is 13.1 Å². The maximum atomic E-state index is 9.15. The van der Waals surface area contributed by atoms with Crippen LogP contribution in [0.25, 0.3) is 0 Å². The lowest BCUT2D eigenvalue weighted by Gasteiger charge is -2.22. The van der Waals surface area contributed by atoms with Crippen LogP contribution < -0.4 is 10.6 Å². The number of imidazole rings is 1. The fraction of sp³-hybridized carbons (Fsp3) is 0.308. The molecule has 4 N–H and O–H groups in total. The van der Waals surface area contributed by atoms with Gasteiger partial charge in [0.05, 0.1) is 6.61 Å². The molecule has 0 bridgehead atoms. The maximum Gasteiger partial charge on any atom is 0.171 e. The SMILES string of the molecule is Cc1nc(N(CCO)Cc2ccccc2)c(N)[nH]1. The molecule has 0 saturated carbocycles. The Kier molecular flexibility index (Phi) is 3.84. The molecule has 0 unspecified atom stereocenters. The van der Waals surface area contributed by atoms with Gasteiger partial charge in [0.25, 0.3) is 0 Å². The fourth-order valence-electron chi connectivity index (χ4n) is 1.92. The highest BCUT2D eigenvalue weighted by Crippen LogP contribution is 2.21. The Morgan fingerprint density at radius 1 is 1.33 bits per heavy atom. The van der Waals surface area contributed by atoms with E-state index >= 15 is 0 Å². The summed E-state index contributed by atoms with van der Waals surface area (Å²) in [5, 5.41) is 9.15. The molecule has 5 heteroatoms. The molecule has 0 radical (unpaired) electrons. The van der Waals surface area contributed by atoms with Crippen LogP contribution >= 0.6 is 0 Å². The van der Waals surface area contributed by atoms with Gasteiger partial charge in [0.2, 0.25) is 0 Å². The highest BCUT2D eigenvalue weighted by atomic mass is 16.3. The van der Waals surface area contributed by atoms with E-state index in [0.717, 1.165) is 11.4 Å². The summed E-state index contributed by atoms with van der Waals surface area (Å²) in [5.41, 5.74) is 7.04. The van der Waals surface area contributed by atoms with Crippen molar-refractivity contribution in [3.8, 4) is 0 Å². The van der Waals surface area contributed by atoms with Crippen LogP contribution in [0.1, 0.15) is 11.4 Å². The molecule has 18 heavy (non-hydrogen) atoms. The molecule has 1 aromatic heterocycles. The van der Waals surface area contributed by atoms with Crippen LogP contribution in [0, 0.1) is 6.92 Å². The van der Waals surface area contributed by atoms with Crippen molar-refractivity contribution in [2.45, 2.75) is 13.5 Å². The van der Waals surface area contributed by atoms with Gasteiger partial charge in [-0.25, -0.2) is 4.98 Å². The number of aliphatic hydroxyl groups is 1. The maximum absolute atomic E-state index is 9.15. The molecule has 2 aromatic rings. The second-order valence-corrected chi connectivity index (χ2v) is 4.19. The minimum atomic E-state index is 0.0676. The standard InChI is InChI=1S/C13H18N4O/c1-10-15-12(14)13(16-10)17(7-8-18)9-11-5-3-2-4-6-11/h2-6,18H,7-9,14H2,1H3,(H,15,16). The van der Waals surface area contributed by atoms with Crippen molar-refractivity contribution in [2.75, 3.05) is 23.8 Å². The Balaban J connectivity index is 2.21. The van der Waals surface area contributed by atoms with Gasteiger partial charge in [0.1, 0.15) is 11.6 Å². The summed E-state index contributed by atoms with van der Waals surface area (Å²) in [5.74, 6) is 2.01. The number of hydrogen-bond acceptors (Lipinski definition) is 4. The zero-order valence-corrected chi connectivity index (χ0v) is 10.4. The van der Waals surface area contributed by atoms with Crippen LogP contribution in [-0.4, -0.2) is 28.2 Å². The van der Waals surface area contributed by atoms with Gasteiger partial charge >= 0.3 is 0 Å². The molecule has 0 saturated heterocycles. The van der Waals surface area contributed by atoms with Crippen molar-refractivity contribution in [3.63, 3.8) is 0 Å². The Morgan fingerprint density at radius 2 is 2.06 bits per heavy atom. The third-order valence-corrected chi connectivity index (χ3v) is 2.72. The summed E-state index contributed by atoms with van der Waals surface area (Å²) in [6.07, 6.45) is 0. The zero-order valence-electron chi connectivity index (χ0n) is 10.4. The predicted octanol–water partition coefficient (Wildman–Crippen LogP) is 1.30. The third-order valence-electron chi connectivity index (χ3n) is 2.72.